The molecule has 209 valence electrons. The number of nitrogens with zero attached hydrogens (tertiary/aromatic N) is 10. The molecule has 10 nitrogen and oxygen atoms in total. The van der Waals surface area contributed by atoms with Crippen LogP contribution >= 0.6 is 9.64 Å². The van der Waals surface area contributed by atoms with Gasteiger partial charge in [-0.25, -0.2) is 29.3 Å². The zero-order chi connectivity index (χ0) is 28.4. The molecule has 0 saturated carbocycles. The predicted molar refractivity (Wildman–Crippen MR) is 152 cm³/mol. The van der Waals surface area contributed by atoms with E-state index < -0.39 is 0 Å². The summed E-state index contributed by atoms with van der Waals surface area (Å²) in [5.41, 5.74) is 0. The zero-order valence-electron chi connectivity index (χ0n) is 22.3. The molecular weight excluding hydrogens is 702 g/mol. The van der Waals surface area contributed by atoms with Gasteiger partial charge in [0.05, 0.1) is 12.7 Å². The topological polar surface area (TPSA) is 97.1 Å². The van der Waals surface area contributed by atoms with E-state index in [1.165, 1.54) is 17.6 Å². The van der Waals surface area contributed by atoms with Crippen molar-refractivity contribution in [3.05, 3.63) is 123 Å². The fourth-order valence-electron chi connectivity index (χ4n) is 3.82. The van der Waals surface area contributed by atoms with Crippen LogP contribution in [0.5, 0.6) is 0 Å². The zero-order valence-corrected chi connectivity index (χ0v) is 25.6. The van der Waals surface area contributed by atoms with E-state index >= 15 is 0 Å². The van der Waals surface area contributed by atoms with Gasteiger partial charge in [0.15, 0.2) is 11.6 Å². The molecule has 6 rings (SSSR count). The minimum atomic E-state index is 0.467. The maximum Gasteiger partial charge on any atom is 0.153 e. The van der Waals surface area contributed by atoms with E-state index in [0.717, 1.165) is 24.5 Å². The summed E-state index contributed by atoms with van der Waals surface area (Å²) >= 11 is 1.33. The van der Waals surface area contributed by atoms with Crippen molar-refractivity contribution < 1.29 is 17.6 Å². The molecule has 6 aromatic heterocycles. The van der Waals surface area contributed by atoms with E-state index in [2.05, 4.69) is 62.8 Å². The number of hydrogen-bond acceptors (Lipinski definition) is 6. The quantitative estimate of drug-likeness (QED) is 0.203. The first-order valence-electron chi connectivity index (χ1n) is 12.6. The molecule has 12 heteroatoms. The average Bonchev–Trinajstić information content (AvgIpc) is 3.87. The molecule has 6 aromatic rings. The second-order valence-electron chi connectivity index (χ2n) is 8.44. The number of aromatic nitrogens is 10. The Morgan fingerprint density at radius 3 is 1.57 bits per heavy atom. The minimum absolute atomic E-state index is 0.467. The molecule has 6 heterocycles. The van der Waals surface area contributed by atoms with Crippen molar-refractivity contribution in [1.29, 1.82) is 0 Å². The monoisotopic (exact) mass is 735 g/mol. The van der Waals surface area contributed by atoms with Crippen molar-refractivity contribution in [2.24, 2.45) is 0 Å². The van der Waals surface area contributed by atoms with E-state index in [1.807, 2.05) is 98.4 Å². The van der Waals surface area contributed by atoms with Crippen LogP contribution in [0.4, 0.5) is 0 Å². The number of imidazole rings is 2. The summed E-state index contributed by atoms with van der Waals surface area (Å²) in [5.74, 6) is 1.69. The minimum Gasteiger partial charge on any atom is -0.237 e. The summed E-state index contributed by atoms with van der Waals surface area (Å²) in [6.07, 6.45) is 24.4. The third kappa shape index (κ3) is 9.67. The maximum absolute atomic E-state index is 4.67. The van der Waals surface area contributed by atoms with Gasteiger partial charge < -0.3 is 9.13 Å². The molecule has 0 aliphatic heterocycles. The number of rotatable bonds is 7. The predicted octanol–water partition coefficient (Wildman–Crippen LogP) is 5.90. The molecule has 0 aromatic carbocycles. The second-order valence-corrected chi connectivity index (χ2v) is 8.44. The molecule has 0 saturated heterocycles. The molecule has 0 aliphatic carbocycles. The molecule has 0 fully saturated rings. The molecule has 0 spiro atoms. The number of pyridine rings is 2. The summed E-state index contributed by atoms with van der Waals surface area (Å²) in [4.78, 5) is 16.4. The summed E-state index contributed by atoms with van der Waals surface area (Å²) in [5, 5.41) is 8.08. The van der Waals surface area contributed by atoms with Gasteiger partial charge in [0.1, 0.15) is 0 Å². The average molecular weight is 734 g/mol. The third-order valence-electron chi connectivity index (χ3n) is 5.84. The number of halogens is 1. The van der Waals surface area contributed by atoms with Crippen molar-refractivity contribution in [2.75, 3.05) is 0 Å². The first-order valence-corrected chi connectivity index (χ1v) is 15.8. The molecule has 40 heavy (non-hydrogen) atoms. The Morgan fingerprint density at radius 1 is 0.675 bits per heavy atom. The molecule has 2 atom stereocenters. The Bertz CT molecular complexity index is 1310. The van der Waals surface area contributed by atoms with E-state index in [9.17, 15) is 0 Å². The molecular formula is C28H32ClN10Os. The Hall–Kier alpha value is -3.93. The Kier molecular flexibility index (Phi) is 13.5. The van der Waals surface area contributed by atoms with Crippen molar-refractivity contribution >= 4 is 9.64 Å². The van der Waals surface area contributed by atoms with Gasteiger partial charge in [-0.2, -0.15) is 10.2 Å². The van der Waals surface area contributed by atoms with Crippen LogP contribution in [0, 0.1) is 0 Å². The van der Waals surface area contributed by atoms with Crippen LogP contribution in [0.1, 0.15) is 38.8 Å². The van der Waals surface area contributed by atoms with Gasteiger partial charge in [-0.05, 0) is 56.2 Å². The Labute approximate surface area is 248 Å². The van der Waals surface area contributed by atoms with Crippen LogP contribution in [0.3, 0.4) is 0 Å². The summed E-state index contributed by atoms with van der Waals surface area (Å²) in [7, 11) is 4.67. The SMILES string of the molecule is CCC(CC(C)n1ccnc1)n1ccnc1.[Cl][Os].c1ccc(-n2cccn2)nc1.c1ccc(-n2cccn2)nc1. The van der Waals surface area contributed by atoms with Gasteiger partial charge in [-0.1, -0.05) is 19.1 Å². The molecule has 0 aliphatic rings. The Morgan fingerprint density at radius 2 is 1.20 bits per heavy atom. The van der Waals surface area contributed by atoms with Gasteiger partial charge in [-0.15, -0.1) is 0 Å². The van der Waals surface area contributed by atoms with Crippen molar-refractivity contribution in [3.8, 4) is 11.6 Å². The molecule has 0 N–H and O–H groups in total. The van der Waals surface area contributed by atoms with E-state index in [0.29, 0.717) is 12.1 Å². The normalized spacial score (nSPS) is 11.5. The smallest absolute Gasteiger partial charge is 0.153 e. The second kappa shape index (κ2) is 17.6. The third-order valence-corrected chi connectivity index (χ3v) is 5.84. The first-order chi connectivity index (χ1) is 19.7. The van der Waals surface area contributed by atoms with E-state index in [4.69, 9.17) is 0 Å². The Balaban J connectivity index is 0.000000164. The summed E-state index contributed by atoms with van der Waals surface area (Å²) in [6.45, 7) is 4.44. The van der Waals surface area contributed by atoms with E-state index in [-0.39, 0.29) is 0 Å². The number of hydrogen-bond donors (Lipinski definition) is 0. The van der Waals surface area contributed by atoms with Crippen LogP contribution < -0.4 is 0 Å². The summed E-state index contributed by atoms with van der Waals surface area (Å²) in [6, 6.07) is 16.2. The standard InChI is InChI=1S/C12H18N4.2C8H7N3.ClH.Os/c1-3-12(16-7-5-14-10-16)8-11(2)15-6-4-13-9-15;2*1-2-5-9-8(4-1)11-7-3-6-10-11;;/h4-7,9-12H,3,8H2,1-2H3;2*1-7H;1H;/q;;;;+1/p-1. The van der Waals surface area contributed by atoms with Crippen LogP contribution in [-0.4, -0.2) is 48.6 Å². The summed E-state index contributed by atoms with van der Waals surface area (Å²) < 4.78 is 7.78. The first kappa shape index (κ1) is 30.6. The molecule has 0 radical (unpaired) electrons. The van der Waals surface area contributed by atoms with E-state index in [1.54, 1.807) is 34.2 Å². The van der Waals surface area contributed by atoms with Crippen molar-refractivity contribution in [3.63, 3.8) is 0 Å². The molecule has 0 amide bonds. The van der Waals surface area contributed by atoms with Crippen LogP contribution in [0.2, 0.25) is 0 Å². The van der Waals surface area contributed by atoms with Gasteiger partial charge in [0, 0.05) is 74.1 Å². The molecule has 0 bridgehead atoms. The van der Waals surface area contributed by atoms with Crippen LogP contribution in [0.15, 0.2) is 123 Å². The van der Waals surface area contributed by atoms with Crippen LogP contribution in [-0.2, 0) is 17.6 Å². The van der Waals surface area contributed by atoms with Gasteiger partial charge in [0.25, 0.3) is 0 Å². The maximum atomic E-state index is 4.67. The molecule has 2 unspecified atom stereocenters. The largest absolute Gasteiger partial charge is 0.237 e. The van der Waals surface area contributed by atoms with Gasteiger partial charge >= 0.3 is 27.2 Å². The van der Waals surface area contributed by atoms with Gasteiger partial charge in [-0.3, -0.25) is 0 Å². The fraction of sp³-hybridized carbons (Fsp3) is 0.214. The fourth-order valence-corrected chi connectivity index (χ4v) is 3.82. The van der Waals surface area contributed by atoms with Crippen LogP contribution in [0.25, 0.3) is 11.6 Å². The van der Waals surface area contributed by atoms with Crippen molar-refractivity contribution in [2.45, 2.75) is 38.8 Å². The van der Waals surface area contributed by atoms with Crippen molar-refractivity contribution in [1.82, 2.24) is 48.6 Å². The van der Waals surface area contributed by atoms with Gasteiger partial charge in [0.2, 0.25) is 0 Å².